The molecule has 4 atom stereocenters. The average molecular weight is 550 g/mol. The molecule has 37 heavy (non-hydrogen) atoms. The minimum Gasteiger partial charge on any atom is -0.438 e. The summed E-state index contributed by atoms with van der Waals surface area (Å²) < 4.78 is 32.9. The van der Waals surface area contributed by atoms with Crippen LogP contribution >= 0.6 is 8.60 Å². The summed E-state index contributed by atoms with van der Waals surface area (Å²) in [7, 11) is -2.28. The maximum absolute atomic E-state index is 12.2. The van der Waals surface area contributed by atoms with E-state index >= 15 is 0 Å². The largest absolute Gasteiger partial charge is 0.438 e. The van der Waals surface area contributed by atoms with E-state index in [1.807, 2.05) is 4.98 Å². The zero-order valence-corrected chi connectivity index (χ0v) is 22.8. The van der Waals surface area contributed by atoms with Crippen molar-refractivity contribution in [3.05, 3.63) is 33.1 Å². The number of ether oxygens (including phenoxy) is 3. The molecule has 1 fully saturated rings. The van der Waals surface area contributed by atoms with Crippen LogP contribution in [0.1, 0.15) is 54.7 Å². The van der Waals surface area contributed by atoms with Crippen molar-refractivity contribution >= 4 is 20.5 Å². The summed E-state index contributed by atoms with van der Waals surface area (Å²) >= 11 is 0. The average Bonchev–Trinajstić information content (AvgIpc) is 2.99. The van der Waals surface area contributed by atoms with E-state index in [1.165, 1.54) is 6.92 Å². The number of hydrogen-bond acceptors (Lipinski definition) is 12. The van der Waals surface area contributed by atoms with E-state index < -0.39 is 86.8 Å². The van der Waals surface area contributed by atoms with Crippen LogP contribution < -0.4 is 11.2 Å². The first kappa shape index (κ1) is 31.0. The number of rotatable bonds is 10. The second-order valence-electron chi connectivity index (χ2n) is 10.6. The number of carbonyl (C=O) groups is 2. The Balaban J connectivity index is 2.06. The Bertz CT molecular complexity index is 1020. The van der Waals surface area contributed by atoms with Gasteiger partial charge in [-0.1, -0.05) is 0 Å². The smallest absolute Gasteiger partial charge is 0.338 e. The molecule has 3 N–H and O–H groups in total. The summed E-state index contributed by atoms with van der Waals surface area (Å²) in [5.74, 6) is -1.08. The van der Waals surface area contributed by atoms with Crippen molar-refractivity contribution in [3.8, 4) is 0 Å². The van der Waals surface area contributed by atoms with Crippen LogP contribution in [0.5, 0.6) is 0 Å². The molecule has 1 aliphatic heterocycles. The van der Waals surface area contributed by atoms with E-state index in [-0.39, 0.29) is 0 Å². The molecular weight excluding hydrogens is 515 g/mol. The summed E-state index contributed by atoms with van der Waals surface area (Å²) in [6, 6.07) is 1.07. The van der Waals surface area contributed by atoms with Crippen molar-refractivity contribution in [3.63, 3.8) is 0 Å². The van der Waals surface area contributed by atoms with Crippen LogP contribution in [0.15, 0.2) is 21.9 Å². The maximum atomic E-state index is 12.2. The van der Waals surface area contributed by atoms with Gasteiger partial charge in [0.25, 0.3) is 5.56 Å². The van der Waals surface area contributed by atoms with Crippen LogP contribution in [0.4, 0.5) is 0 Å². The predicted octanol–water partition coefficient (Wildman–Crippen LogP) is 0.916. The SMILES string of the molecule is CC(C)(C)C(=O)OCOP(OCOC(=O)C(C)(C)C)OCC1OC(n2ccc(=O)[nH]c2=O)C(C)(O)[C@H]1O. The molecule has 1 saturated heterocycles. The van der Waals surface area contributed by atoms with Gasteiger partial charge in [0.1, 0.15) is 17.8 Å². The van der Waals surface area contributed by atoms with Gasteiger partial charge in [-0.2, -0.15) is 0 Å². The van der Waals surface area contributed by atoms with E-state index in [1.54, 1.807) is 41.5 Å². The molecule has 1 aliphatic rings. The molecular formula is C22H35N2O12P. The van der Waals surface area contributed by atoms with Crippen molar-refractivity contribution in [2.75, 3.05) is 20.2 Å². The third-order valence-corrected chi connectivity index (χ3v) is 6.12. The molecule has 1 aromatic heterocycles. The second-order valence-corrected chi connectivity index (χ2v) is 11.8. The fraction of sp³-hybridized carbons (Fsp3) is 0.727. The Kier molecular flexibility index (Phi) is 10.2. The minimum atomic E-state index is -2.28. The maximum Gasteiger partial charge on any atom is 0.338 e. The fourth-order valence-corrected chi connectivity index (χ4v) is 3.68. The van der Waals surface area contributed by atoms with Crippen molar-refractivity contribution in [2.24, 2.45) is 10.8 Å². The molecule has 0 bridgehead atoms. The molecule has 1 aromatic rings. The van der Waals surface area contributed by atoms with Crippen LogP contribution in [0.25, 0.3) is 0 Å². The molecule has 3 unspecified atom stereocenters. The Morgan fingerprint density at radius 3 is 2.03 bits per heavy atom. The van der Waals surface area contributed by atoms with Gasteiger partial charge in [0, 0.05) is 12.3 Å². The Hall–Kier alpha value is -2.19. The number of aliphatic hydroxyl groups excluding tert-OH is 1. The molecule has 0 spiro atoms. The van der Waals surface area contributed by atoms with Crippen LogP contribution in [0, 0.1) is 10.8 Å². The van der Waals surface area contributed by atoms with Crippen LogP contribution in [-0.2, 0) is 37.4 Å². The number of esters is 2. The van der Waals surface area contributed by atoms with Gasteiger partial charge < -0.3 is 28.9 Å². The number of hydrogen-bond donors (Lipinski definition) is 3. The summed E-state index contributed by atoms with van der Waals surface area (Å²) in [6.45, 7) is 9.76. The standard InChI is InChI=1S/C22H35N2O12P/c1-20(2,3)17(27)31-11-34-37(35-12-32-18(28)21(4,5)6)33-10-13-15(26)22(7,30)16(36-13)24-9-8-14(25)23-19(24)29/h8-9,13,15-16,26,30H,10-12H2,1-7H3,(H,23,25,29)/t13?,15-,16?,22?/m0/s1. The summed E-state index contributed by atoms with van der Waals surface area (Å²) in [4.78, 5) is 49.5. The van der Waals surface area contributed by atoms with E-state index in [0.717, 1.165) is 16.8 Å². The van der Waals surface area contributed by atoms with Crippen LogP contribution in [-0.4, -0.2) is 69.7 Å². The number of carbonyl (C=O) groups excluding carboxylic acids is 2. The first-order chi connectivity index (χ1) is 16.9. The van der Waals surface area contributed by atoms with Crippen molar-refractivity contribution in [2.45, 2.75) is 72.5 Å². The molecule has 0 radical (unpaired) electrons. The molecule has 15 heteroatoms. The molecule has 0 aromatic carbocycles. The highest BCUT2D eigenvalue weighted by molar-refractivity contribution is 7.41. The lowest BCUT2D eigenvalue weighted by atomic mass is 9.96. The number of nitrogens with one attached hydrogen (secondary N) is 1. The number of nitrogens with zero attached hydrogens (tertiary/aromatic N) is 1. The van der Waals surface area contributed by atoms with Gasteiger partial charge in [-0.05, 0) is 48.5 Å². The monoisotopic (exact) mass is 550 g/mol. The molecule has 14 nitrogen and oxygen atoms in total. The molecule has 0 saturated carbocycles. The number of H-pyrrole nitrogens is 1. The van der Waals surface area contributed by atoms with Gasteiger partial charge in [-0.3, -0.25) is 33.0 Å². The molecule has 0 aliphatic carbocycles. The van der Waals surface area contributed by atoms with Gasteiger partial charge in [0.15, 0.2) is 6.23 Å². The predicted molar refractivity (Wildman–Crippen MR) is 128 cm³/mol. The van der Waals surface area contributed by atoms with Gasteiger partial charge in [-0.15, -0.1) is 0 Å². The van der Waals surface area contributed by atoms with Gasteiger partial charge in [0.2, 0.25) is 13.6 Å². The van der Waals surface area contributed by atoms with E-state index in [2.05, 4.69) is 0 Å². The zero-order chi connectivity index (χ0) is 28.2. The Labute approximate surface area is 214 Å². The quantitative estimate of drug-likeness (QED) is 0.213. The van der Waals surface area contributed by atoms with Gasteiger partial charge in [0.05, 0.1) is 17.4 Å². The molecule has 2 heterocycles. The molecule has 210 valence electrons. The van der Waals surface area contributed by atoms with Crippen LogP contribution in [0.2, 0.25) is 0 Å². The molecule has 2 rings (SSSR count). The normalized spacial score (nSPS) is 24.3. The topological polar surface area (TPSA) is 185 Å². The lowest BCUT2D eigenvalue weighted by Gasteiger charge is -2.27. The van der Waals surface area contributed by atoms with Gasteiger partial charge >= 0.3 is 26.2 Å². The lowest BCUT2D eigenvalue weighted by molar-refractivity contribution is -0.162. The fourth-order valence-electron chi connectivity index (χ4n) is 2.91. The van der Waals surface area contributed by atoms with Gasteiger partial charge in [-0.25, -0.2) is 4.79 Å². The summed E-state index contributed by atoms with van der Waals surface area (Å²) in [5, 5.41) is 21.4. The highest BCUT2D eigenvalue weighted by Crippen LogP contribution is 2.43. The second kappa shape index (κ2) is 12.1. The first-order valence-corrected chi connectivity index (χ1v) is 12.4. The van der Waals surface area contributed by atoms with E-state index in [0.29, 0.717) is 0 Å². The van der Waals surface area contributed by atoms with E-state index in [9.17, 15) is 29.4 Å². The van der Waals surface area contributed by atoms with Crippen LogP contribution in [0.3, 0.4) is 0 Å². The van der Waals surface area contributed by atoms with Crippen molar-refractivity contribution < 1.29 is 47.6 Å². The zero-order valence-electron chi connectivity index (χ0n) is 21.9. The van der Waals surface area contributed by atoms with Crippen molar-refractivity contribution in [1.29, 1.82) is 0 Å². The Morgan fingerprint density at radius 1 is 1.05 bits per heavy atom. The third kappa shape index (κ3) is 8.40. The summed E-state index contributed by atoms with van der Waals surface area (Å²) in [6.07, 6.45) is -2.91. The van der Waals surface area contributed by atoms with E-state index in [4.69, 9.17) is 27.8 Å². The highest BCUT2D eigenvalue weighted by Gasteiger charge is 2.53. The number of aromatic amines is 1. The molecule has 0 amide bonds. The first-order valence-electron chi connectivity index (χ1n) is 11.3. The summed E-state index contributed by atoms with van der Waals surface area (Å²) in [5.41, 5.74) is -4.98. The Morgan fingerprint density at radius 2 is 1.57 bits per heavy atom. The third-order valence-electron chi connectivity index (χ3n) is 5.12. The van der Waals surface area contributed by atoms with Crippen molar-refractivity contribution in [1.82, 2.24) is 9.55 Å². The number of aromatic nitrogens is 2. The number of aliphatic hydroxyl groups is 2. The lowest BCUT2D eigenvalue weighted by Crippen LogP contribution is -2.46. The highest BCUT2D eigenvalue weighted by atomic mass is 31.2. The minimum absolute atomic E-state index is 0.391.